The first kappa shape index (κ1) is 18.2. The van der Waals surface area contributed by atoms with Crippen molar-refractivity contribution in [3.05, 3.63) is 0 Å². The van der Waals surface area contributed by atoms with E-state index in [1.165, 1.54) is 0 Å². The third kappa shape index (κ3) is 9.73. The lowest BCUT2D eigenvalue weighted by atomic mass is 9.95. The van der Waals surface area contributed by atoms with Crippen molar-refractivity contribution in [3.8, 4) is 0 Å². The predicted octanol–water partition coefficient (Wildman–Crippen LogP) is 2.32. The molecule has 0 aliphatic heterocycles. The first-order valence-corrected chi connectivity index (χ1v) is 6.72. The maximum atomic E-state index is 11.5. The highest BCUT2D eigenvalue weighted by molar-refractivity contribution is 5.67. The number of methoxy groups -OCH3 is 1. The zero-order valence-corrected chi connectivity index (χ0v) is 13.1. The van der Waals surface area contributed by atoms with E-state index in [-0.39, 0.29) is 18.1 Å². The van der Waals surface area contributed by atoms with Gasteiger partial charge in [-0.1, -0.05) is 0 Å². The molecule has 114 valence electrons. The number of rotatable bonds is 7. The molecule has 5 heteroatoms. The molecule has 0 aliphatic rings. The minimum Gasteiger partial charge on any atom is -0.444 e. The second kappa shape index (κ2) is 7.70. The molecule has 0 aromatic heterocycles. The SMILES string of the molecule is COC(C)(C)CCC(CO)CNC(=O)OC(C)(C)C. The lowest BCUT2D eigenvalue weighted by Crippen LogP contribution is -2.36. The van der Waals surface area contributed by atoms with E-state index in [1.807, 2.05) is 34.6 Å². The van der Waals surface area contributed by atoms with E-state index in [1.54, 1.807) is 7.11 Å². The van der Waals surface area contributed by atoms with Gasteiger partial charge in [-0.25, -0.2) is 4.79 Å². The van der Waals surface area contributed by atoms with Crippen molar-refractivity contribution in [2.75, 3.05) is 20.3 Å². The Bertz CT molecular complexity index is 271. The van der Waals surface area contributed by atoms with Crippen LogP contribution >= 0.6 is 0 Å². The van der Waals surface area contributed by atoms with Gasteiger partial charge in [-0.15, -0.1) is 0 Å². The minimum absolute atomic E-state index is 0.0157. The van der Waals surface area contributed by atoms with Crippen molar-refractivity contribution < 1.29 is 19.4 Å². The Morgan fingerprint density at radius 1 is 1.26 bits per heavy atom. The van der Waals surface area contributed by atoms with Crippen LogP contribution in [0.4, 0.5) is 4.79 Å². The number of hydrogen-bond donors (Lipinski definition) is 2. The number of alkyl carbamates (subject to hydrolysis) is 1. The average Bonchev–Trinajstić information content (AvgIpc) is 2.27. The molecule has 0 saturated carbocycles. The number of hydrogen-bond acceptors (Lipinski definition) is 4. The van der Waals surface area contributed by atoms with Crippen LogP contribution in [0.25, 0.3) is 0 Å². The zero-order chi connectivity index (χ0) is 15.1. The summed E-state index contributed by atoms with van der Waals surface area (Å²) in [5.41, 5.74) is -0.712. The Balaban J connectivity index is 4.04. The van der Waals surface area contributed by atoms with E-state index in [0.717, 1.165) is 12.8 Å². The van der Waals surface area contributed by atoms with Gasteiger partial charge in [-0.2, -0.15) is 0 Å². The normalized spacial score (nSPS) is 14.1. The van der Waals surface area contributed by atoms with Gasteiger partial charge >= 0.3 is 6.09 Å². The molecule has 0 aromatic carbocycles. The first-order chi connectivity index (χ1) is 8.59. The first-order valence-electron chi connectivity index (χ1n) is 6.72. The zero-order valence-electron chi connectivity index (χ0n) is 13.1. The Morgan fingerprint density at radius 3 is 2.26 bits per heavy atom. The minimum atomic E-state index is -0.503. The summed E-state index contributed by atoms with van der Waals surface area (Å²) in [6, 6.07) is 0. The van der Waals surface area contributed by atoms with Crippen LogP contribution in [-0.2, 0) is 9.47 Å². The highest BCUT2D eigenvalue weighted by atomic mass is 16.6. The molecule has 0 radical (unpaired) electrons. The number of nitrogens with one attached hydrogen (secondary N) is 1. The summed E-state index contributed by atoms with van der Waals surface area (Å²) in [4.78, 5) is 11.5. The molecule has 1 atom stereocenters. The molecule has 1 amide bonds. The predicted molar refractivity (Wildman–Crippen MR) is 75.1 cm³/mol. The van der Waals surface area contributed by atoms with Crippen LogP contribution in [0, 0.1) is 5.92 Å². The molecule has 0 rings (SSSR count). The maximum absolute atomic E-state index is 11.5. The van der Waals surface area contributed by atoms with Crippen LogP contribution in [-0.4, -0.2) is 42.7 Å². The number of aliphatic hydroxyl groups is 1. The van der Waals surface area contributed by atoms with E-state index in [9.17, 15) is 9.90 Å². The summed E-state index contributed by atoms with van der Waals surface area (Å²) in [7, 11) is 1.67. The second-order valence-electron chi connectivity index (χ2n) is 6.43. The van der Waals surface area contributed by atoms with E-state index in [4.69, 9.17) is 9.47 Å². The average molecular weight is 275 g/mol. The third-order valence-electron chi connectivity index (χ3n) is 2.90. The molecule has 0 saturated heterocycles. The molecule has 0 aromatic rings. The van der Waals surface area contributed by atoms with Gasteiger partial charge in [0, 0.05) is 20.3 Å². The van der Waals surface area contributed by atoms with E-state index in [2.05, 4.69) is 5.32 Å². The van der Waals surface area contributed by atoms with Gasteiger partial charge in [0.15, 0.2) is 0 Å². The Morgan fingerprint density at radius 2 is 1.84 bits per heavy atom. The Labute approximate surface area is 116 Å². The van der Waals surface area contributed by atoms with Crippen molar-refractivity contribution in [2.24, 2.45) is 5.92 Å². The standard InChI is InChI=1S/C14H29NO4/c1-13(2,3)19-12(17)15-9-11(10-16)7-8-14(4,5)18-6/h11,16H,7-10H2,1-6H3,(H,15,17). The van der Waals surface area contributed by atoms with Crippen molar-refractivity contribution in [1.82, 2.24) is 5.32 Å². The molecule has 19 heavy (non-hydrogen) atoms. The van der Waals surface area contributed by atoms with Crippen molar-refractivity contribution in [1.29, 1.82) is 0 Å². The molecule has 0 aliphatic carbocycles. The van der Waals surface area contributed by atoms with Gasteiger partial charge in [0.25, 0.3) is 0 Å². The summed E-state index contributed by atoms with van der Waals surface area (Å²) in [5.74, 6) is 0.0157. The largest absolute Gasteiger partial charge is 0.444 e. The number of amides is 1. The van der Waals surface area contributed by atoms with E-state index in [0.29, 0.717) is 6.54 Å². The van der Waals surface area contributed by atoms with Gasteiger partial charge in [0.1, 0.15) is 5.60 Å². The smallest absolute Gasteiger partial charge is 0.407 e. The fourth-order valence-electron chi connectivity index (χ4n) is 1.45. The molecule has 0 spiro atoms. The molecular formula is C14H29NO4. The summed E-state index contributed by atoms with van der Waals surface area (Å²) < 4.78 is 10.5. The summed E-state index contributed by atoms with van der Waals surface area (Å²) >= 11 is 0. The van der Waals surface area contributed by atoms with Crippen molar-refractivity contribution >= 4 is 6.09 Å². The van der Waals surface area contributed by atoms with Crippen LogP contribution < -0.4 is 5.32 Å². The van der Waals surface area contributed by atoms with Crippen LogP contribution in [0.1, 0.15) is 47.5 Å². The maximum Gasteiger partial charge on any atom is 0.407 e. The lowest BCUT2D eigenvalue weighted by Gasteiger charge is -2.25. The second-order valence-corrected chi connectivity index (χ2v) is 6.43. The number of carbonyl (C=O) groups is 1. The van der Waals surface area contributed by atoms with Crippen LogP contribution in [0.15, 0.2) is 0 Å². The fraction of sp³-hybridized carbons (Fsp3) is 0.929. The monoisotopic (exact) mass is 275 g/mol. The van der Waals surface area contributed by atoms with Gasteiger partial charge in [-0.3, -0.25) is 0 Å². The van der Waals surface area contributed by atoms with Crippen molar-refractivity contribution in [3.63, 3.8) is 0 Å². The van der Waals surface area contributed by atoms with Gasteiger partial charge in [-0.05, 0) is 53.4 Å². The van der Waals surface area contributed by atoms with Crippen LogP contribution in [0.2, 0.25) is 0 Å². The number of ether oxygens (including phenoxy) is 2. The lowest BCUT2D eigenvalue weighted by molar-refractivity contribution is 0.00804. The van der Waals surface area contributed by atoms with Crippen LogP contribution in [0.3, 0.4) is 0 Å². The summed E-state index contributed by atoms with van der Waals surface area (Å²) in [5, 5.41) is 12.0. The topological polar surface area (TPSA) is 67.8 Å². The number of aliphatic hydroxyl groups excluding tert-OH is 1. The van der Waals surface area contributed by atoms with Gasteiger partial charge in [0.2, 0.25) is 0 Å². The molecule has 0 heterocycles. The number of carbonyl (C=O) groups excluding carboxylic acids is 1. The fourth-order valence-corrected chi connectivity index (χ4v) is 1.45. The van der Waals surface area contributed by atoms with Crippen LogP contribution in [0.5, 0.6) is 0 Å². The highest BCUT2D eigenvalue weighted by Gasteiger charge is 2.20. The molecule has 0 fully saturated rings. The highest BCUT2D eigenvalue weighted by Crippen LogP contribution is 2.19. The Kier molecular flexibility index (Phi) is 7.37. The van der Waals surface area contributed by atoms with Crippen molar-refractivity contribution in [2.45, 2.75) is 58.7 Å². The molecule has 1 unspecified atom stereocenters. The molecule has 0 bridgehead atoms. The van der Waals surface area contributed by atoms with E-state index >= 15 is 0 Å². The summed E-state index contributed by atoms with van der Waals surface area (Å²) in [6.07, 6.45) is 1.16. The van der Waals surface area contributed by atoms with Gasteiger partial charge < -0.3 is 19.9 Å². The molecule has 2 N–H and O–H groups in total. The summed E-state index contributed by atoms with van der Waals surface area (Å²) in [6.45, 7) is 9.90. The quantitative estimate of drug-likeness (QED) is 0.748. The van der Waals surface area contributed by atoms with Gasteiger partial charge in [0.05, 0.1) is 5.60 Å². The Hall–Kier alpha value is -0.810. The molecular weight excluding hydrogens is 246 g/mol. The van der Waals surface area contributed by atoms with E-state index < -0.39 is 11.7 Å². The third-order valence-corrected chi connectivity index (χ3v) is 2.90. The molecule has 5 nitrogen and oxygen atoms in total.